The van der Waals surface area contributed by atoms with Crippen molar-refractivity contribution in [2.24, 2.45) is 13.0 Å². The normalized spacial score (nSPS) is 10.7. The molecule has 144 valence electrons. The zero-order valence-electron chi connectivity index (χ0n) is 15.6. The summed E-state index contributed by atoms with van der Waals surface area (Å²) in [5.41, 5.74) is -0.408. The number of hydrogen-bond donors (Lipinski definition) is 2. The standard InChI is InChI=1S/C18H23N5O4/c1-12(2)16(25)21-14-11-13(5-8-19-14)17(26)20-7-4-9-23-15(24)6-10-22(3)18(23)27/h5-6,8,10-12H,4,7,9H2,1-3H3,(H,20,26)(H,19,21,25). The highest BCUT2D eigenvalue weighted by Crippen LogP contribution is 2.08. The maximum atomic E-state index is 12.2. The first-order valence-electron chi connectivity index (χ1n) is 8.61. The molecule has 0 aliphatic carbocycles. The maximum absolute atomic E-state index is 12.2. The summed E-state index contributed by atoms with van der Waals surface area (Å²) in [5, 5.41) is 5.36. The number of aromatic nitrogens is 3. The molecule has 2 N–H and O–H groups in total. The van der Waals surface area contributed by atoms with Crippen molar-refractivity contribution in [3.8, 4) is 0 Å². The quantitative estimate of drug-likeness (QED) is 0.680. The largest absolute Gasteiger partial charge is 0.352 e. The average Bonchev–Trinajstić information content (AvgIpc) is 2.64. The van der Waals surface area contributed by atoms with Gasteiger partial charge in [-0.05, 0) is 18.6 Å². The Morgan fingerprint density at radius 3 is 2.67 bits per heavy atom. The van der Waals surface area contributed by atoms with Gasteiger partial charge in [0.1, 0.15) is 5.82 Å². The second-order valence-electron chi connectivity index (χ2n) is 6.38. The summed E-state index contributed by atoms with van der Waals surface area (Å²) >= 11 is 0. The van der Waals surface area contributed by atoms with Crippen molar-refractivity contribution in [3.63, 3.8) is 0 Å². The smallest absolute Gasteiger partial charge is 0.330 e. The Labute approximate surface area is 156 Å². The molecule has 2 heterocycles. The fraction of sp³-hybridized carbons (Fsp3) is 0.389. The summed E-state index contributed by atoms with van der Waals surface area (Å²) in [4.78, 5) is 51.6. The molecular formula is C18H23N5O4. The van der Waals surface area contributed by atoms with Crippen LogP contribution in [0.4, 0.5) is 5.82 Å². The van der Waals surface area contributed by atoms with E-state index in [0.29, 0.717) is 24.3 Å². The van der Waals surface area contributed by atoms with E-state index in [4.69, 9.17) is 0 Å². The number of pyridine rings is 1. The number of nitrogens with zero attached hydrogens (tertiary/aromatic N) is 3. The molecule has 0 spiro atoms. The lowest BCUT2D eigenvalue weighted by Crippen LogP contribution is -2.38. The van der Waals surface area contributed by atoms with E-state index in [1.54, 1.807) is 20.9 Å². The molecule has 0 atom stereocenters. The van der Waals surface area contributed by atoms with Crippen molar-refractivity contribution in [2.45, 2.75) is 26.8 Å². The van der Waals surface area contributed by atoms with Gasteiger partial charge in [-0.2, -0.15) is 0 Å². The molecule has 2 rings (SSSR count). The van der Waals surface area contributed by atoms with Crippen molar-refractivity contribution in [3.05, 3.63) is 57.0 Å². The van der Waals surface area contributed by atoms with Crippen LogP contribution in [-0.2, 0) is 18.4 Å². The molecule has 0 aliphatic heterocycles. The molecule has 0 aromatic carbocycles. The van der Waals surface area contributed by atoms with E-state index in [2.05, 4.69) is 15.6 Å². The van der Waals surface area contributed by atoms with Gasteiger partial charge in [-0.25, -0.2) is 9.78 Å². The van der Waals surface area contributed by atoms with Gasteiger partial charge in [0.25, 0.3) is 11.5 Å². The second kappa shape index (κ2) is 8.93. The first kappa shape index (κ1) is 20.1. The molecule has 9 nitrogen and oxygen atoms in total. The van der Waals surface area contributed by atoms with Gasteiger partial charge in [-0.15, -0.1) is 0 Å². The fourth-order valence-corrected chi connectivity index (χ4v) is 2.27. The average molecular weight is 373 g/mol. The molecular weight excluding hydrogens is 350 g/mol. The molecule has 0 unspecified atom stereocenters. The molecule has 9 heteroatoms. The second-order valence-corrected chi connectivity index (χ2v) is 6.38. The lowest BCUT2D eigenvalue weighted by Gasteiger charge is -2.09. The van der Waals surface area contributed by atoms with E-state index in [9.17, 15) is 19.2 Å². The Morgan fingerprint density at radius 1 is 1.22 bits per heavy atom. The van der Waals surface area contributed by atoms with Crippen molar-refractivity contribution >= 4 is 17.6 Å². The number of carbonyl (C=O) groups excluding carboxylic acids is 2. The Kier molecular flexibility index (Phi) is 6.64. The van der Waals surface area contributed by atoms with E-state index < -0.39 is 5.69 Å². The zero-order valence-corrected chi connectivity index (χ0v) is 15.6. The van der Waals surface area contributed by atoms with E-state index in [-0.39, 0.29) is 29.8 Å². The van der Waals surface area contributed by atoms with Crippen LogP contribution in [0.2, 0.25) is 0 Å². The van der Waals surface area contributed by atoms with Gasteiger partial charge < -0.3 is 15.2 Å². The van der Waals surface area contributed by atoms with Crippen molar-refractivity contribution < 1.29 is 9.59 Å². The third-order valence-electron chi connectivity index (χ3n) is 3.88. The molecule has 27 heavy (non-hydrogen) atoms. The minimum absolute atomic E-state index is 0.185. The van der Waals surface area contributed by atoms with Crippen LogP contribution < -0.4 is 21.9 Å². The number of nitrogens with one attached hydrogen (secondary N) is 2. The first-order valence-corrected chi connectivity index (χ1v) is 8.61. The summed E-state index contributed by atoms with van der Waals surface area (Å²) in [6, 6.07) is 4.36. The molecule has 0 aliphatic rings. The predicted molar refractivity (Wildman–Crippen MR) is 101 cm³/mol. The van der Waals surface area contributed by atoms with Crippen LogP contribution in [0.1, 0.15) is 30.6 Å². The molecule has 0 fully saturated rings. The van der Waals surface area contributed by atoms with E-state index >= 15 is 0 Å². The number of rotatable bonds is 7. The van der Waals surface area contributed by atoms with Gasteiger partial charge in [0.05, 0.1) is 0 Å². The highest BCUT2D eigenvalue weighted by atomic mass is 16.2. The summed E-state index contributed by atoms with van der Waals surface area (Å²) in [6.45, 7) is 4.02. The fourth-order valence-electron chi connectivity index (χ4n) is 2.27. The Morgan fingerprint density at radius 2 is 1.96 bits per heavy atom. The number of hydrogen-bond acceptors (Lipinski definition) is 5. The lowest BCUT2D eigenvalue weighted by molar-refractivity contribution is -0.118. The molecule has 0 saturated heterocycles. The molecule has 2 aromatic rings. The highest BCUT2D eigenvalue weighted by molar-refractivity contribution is 5.96. The maximum Gasteiger partial charge on any atom is 0.330 e. The number of carbonyl (C=O) groups is 2. The van der Waals surface area contributed by atoms with Crippen LogP contribution in [0.3, 0.4) is 0 Å². The van der Waals surface area contributed by atoms with Crippen LogP contribution in [0.25, 0.3) is 0 Å². The van der Waals surface area contributed by atoms with Gasteiger partial charge in [0.15, 0.2) is 0 Å². The van der Waals surface area contributed by atoms with Crippen LogP contribution in [0.15, 0.2) is 40.2 Å². The Balaban J connectivity index is 1.91. The number of anilines is 1. The summed E-state index contributed by atoms with van der Waals surface area (Å²) in [6.07, 6.45) is 3.28. The van der Waals surface area contributed by atoms with Gasteiger partial charge in [-0.1, -0.05) is 13.8 Å². The third kappa shape index (κ3) is 5.37. The Hall–Kier alpha value is -3.23. The van der Waals surface area contributed by atoms with Crippen molar-refractivity contribution in [1.82, 2.24) is 19.4 Å². The molecule has 2 aromatic heterocycles. The summed E-state index contributed by atoms with van der Waals surface area (Å²) in [7, 11) is 1.57. The minimum Gasteiger partial charge on any atom is -0.352 e. The highest BCUT2D eigenvalue weighted by Gasteiger charge is 2.11. The molecule has 2 amide bonds. The van der Waals surface area contributed by atoms with E-state index in [0.717, 1.165) is 4.57 Å². The monoisotopic (exact) mass is 373 g/mol. The predicted octanol–water partition coefficient (Wildman–Crippen LogP) is 0.357. The Bertz CT molecular complexity index is 945. The minimum atomic E-state index is -0.395. The van der Waals surface area contributed by atoms with Crippen LogP contribution >= 0.6 is 0 Å². The molecule has 0 saturated carbocycles. The number of amides is 2. The topological polar surface area (TPSA) is 115 Å². The van der Waals surface area contributed by atoms with Crippen molar-refractivity contribution in [2.75, 3.05) is 11.9 Å². The van der Waals surface area contributed by atoms with Gasteiger partial charge in [0.2, 0.25) is 5.91 Å². The van der Waals surface area contributed by atoms with E-state index in [1.165, 1.54) is 35.2 Å². The third-order valence-corrected chi connectivity index (χ3v) is 3.88. The lowest BCUT2D eigenvalue weighted by atomic mass is 10.2. The van der Waals surface area contributed by atoms with Crippen LogP contribution in [0, 0.1) is 5.92 Å². The summed E-state index contributed by atoms with van der Waals surface area (Å²) in [5.74, 6) is -0.403. The van der Waals surface area contributed by atoms with Crippen LogP contribution in [-0.4, -0.2) is 32.5 Å². The SMILES string of the molecule is CC(C)C(=O)Nc1cc(C(=O)NCCCn2c(=O)ccn(C)c2=O)ccn1. The summed E-state index contributed by atoms with van der Waals surface area (Å²) < 4.78 is 2.45. The van der Waals surface area contributed by atoms with Crippen molar-refractivity contribution in [1.29, 1.82) is 0 Å². The molecule has 0 radical (unpaired) electrons. The van der Waals surface area contributed by atoms with Gasteiger partial charge >= 0.3 is 5.69 Å². The molecule has 0 bridgehead atoms. The van der Waals surface area contributed by atoms with Crippen LogP contribution in [0.5, 0.6) is 0 Å². The first-order chi connectivity index (χ1) is 12.8. The van der Waals surface area contributed by atoms with Gasteiger partial charge in [-0.3, -0.25) is 19.0 Å². The van der Waals surface area contributed by atoms with Gasteiger partial charge in [0, 0.05) is 50.1 Å². The van der Waals surface area contributed by atoms with E-state index in [1.807, 2.05) is 0 Å². The number of aryl methyl sites for hydroxylation is 1. The zero-order chi connectivity index (χ0) is 20.0.